The third-order valence-electron chi connectivity index (χ3n) is 2.68. The number of halogens is 1. The second-order valence-corrected chi connectivity index (χ2v) is 6.58. The van der Waals surface area contributed by atoms with Crippen molar-refractivity contribution in [3.63, 3.8) is 0 Å². The van der Waals surface area contributed by atoms with E-state index in [0.717, 1.165) is 5.69 Å². The largest absolute Gasteiger partial charge is 0.452 e. The van der Waals surface area contributed by atoms with Crippen LogP contribution in [-0.4, -0.2) is 13.4 Å². The Hall–Kier alpha value is -1.16. The summed E-state index contributed by atoms with van der Waals surface area (Å²) in [6, 6.07) is 1.37. The third-order valence-corrected chi connectivity index (χ3v) is 4.94. The minimum Gasteiger partial charge on any atom is -0.452 e. The van der Waals surface area contributed by atoms with E-state index < -0.39 is 10.0 Å². The molecule has 0 amide bonds. The molecule has 0 unspecified atom stereocenters. The fourth-order valence-corrected chi connectivity index (χ4v) is 3.50. The summed E-state index contributed by atoms with van der Waals surface area (Å²) in [6.45, 7) is 3.64. The highest BCUT2D eigenvalue weighted by molar-refractivity contribution is 9.10. The maximum atomic E-state index is 12.1. The van der Waals surface area contributed by atoms with Gasteiger partial charge >= 0.3 is 0 Å². The first-order valence-electron chi connectivity index (χ1n) is 5.74. The molecule has 2 aromatic heterocycles. The van der Waals surface area contributed by atoms with E-state index in [4.69, 9.17) is 14.6 Å². The Morgan fingerprint density at radius 3 is 2.60 bits per heavy atom. The van der Waals surface area contributed by atoms with Gasteiger partial charge in [0.05, 0.1) is 18.8 Å². The van der Waals surface area contributed by atoms with Crippen molar-refractivity contribution in [2.75, 3.05) is 0 Å². The molecule has 0 aliphatic rings. The molecule has 3 N–H and O–H groups in total. The van der Waals surface area contributed by atoms with E-state index in [2.05, 4.69) is 25.6 Å². The highest BCUT2D eigenvalue weighted by Gasteiger charge is 2.22. The van der Waals surface area contributed by atoms with Crippen LogP contribution in [0.4, 0.5) is 0 Å². The SMILES string of the molecule is Cc1nc(CNS(=O)(=O)c2cc(CN)oc2Br)oc1C. The molecule has 0 aliphatic heterocycles. The first kappa shape index (κ1) is 15.2. The topological polar surface area (TPSA) is 111 Å². The fraction of sp³-hybridized carbons (Fsp3) is 0.364. The Bertz CT molecular complexity index is 701. The van der Waals surface area contributed by atoms with Crippen molar-refractivity contribution in [2.24, 2.45) is 5.73 Å². The molecular weight excluding hydrogens is 350 g/mol. The van der Waals surface area contributed by atoms with Crippen molar-refractivity contribution >= 4 is 26.0 Å². The van der Waals surface area contributed by atoms with Gasteiger partial charge < -0.3 is 14.6 Å². The monoisotopic (exact) mass is 363 g/mol. The van der Waals surface area contributed by atoms with Crippen LogP contribution >= 0.6 is 15.9 Å². The molecule has 0 saturated carbocycles. The summed E-state index contributed by atoms with van der Waals surface area (Å²) in [6.07, 6.45) is 0. The Labute approximate surface area is 124 Å². The Balaban J connectivity index is 2.16. The smallest absolute Gasteiger partial charge is 0.245 e. The summed E-state index contributed by atoms with van der Waals surface area (Å²) >= 11 is 3.06. The minimum absolute atomic E-state index is 0.00190. The number of aromatic nitrogens is 1. The zero-order chi connectivity index (χ0) is 14.9. The van der Waals surface area contributed by atoms with Crippen LogP contribution in [0.3, 0.4) is 0 Å². The van der Waals surface area contributed by atoms with E-state index >= 15 is 0 Å². The zero-order valence-corrected chi connectivity index (χ0v) is 13.3. The van der Waals surface area contributed by atoms with Crippen molar-refractivity contribution in [2.45, 2.75) is 31.8 Å². The van der Waals surface area contributed by atoms with Gasteiger partial charge in [-0.15, -0.1) is 0 Å². The van der Waals surface area contributed by atoms with Gasteiger partial charge in [0.25, 0.3) is 0 Å². The maximum absolute atomic E-state index is 12.1. The van der Waals surface area contributed by atoms with E-state index in [9.17, 15) is 8.42 Å². The summed E-state index contributed by atoms with van der Waals surface area (Å²) < 4.78 is 37.3. The lowest BCUT2D eigenvalue weighted by Crippen LogP contribution is -2.23. The quantitative estimate of drug-likeness (QED) is 0.833. The van der Waals surface area contributed by atoms with E-state index in [1.807, 2.05) is 0 Å². The normalized spacial score (nSPS) is 12.0. The maximum Gasteiger partial charge on any atom is 0.245 e. The molecule has 0 saturated heterocycles. The van der Waals surface area contributed by atoms with Crippen LogP contribution in [-0.2, 0) is 23.1 Å². The van der Waals surface area contributed by atoms with Gasteiger partial charge in [-0.2, -0.15) is 0 Å². The van der Waals surface area contributed by atoms with E-state index in [0.29, 0.717) is 17.4 Å². The van der Waals surface area contributed by atoms with Gasteiger partial charge in [-0.3, -0.25) is 0 Å². The Kier molecular flexibility index (Phi) is 4.33. The summed E-state index contributed by atoms with van der Waals surface area (Å²) in [5, 5.41) is 0. The average Bonchev–Trinajstić information content (AvgIpc) is 2.91. The lowest BCUT2D eigenvalue weighted by atomic mass is 10.4. The van der Waals surface area contributed by atoms with Crippen molar-refractivity contribution < 1.29 is 17.3 Å². The van der Waals surface area contributed by atoms with Gasteiger partial charge in [0.2, 0.25) is 15.9 Å². The number of nitrogens with one attached hydrogen (secondary N) is 1. The van der Waals surface area contributed by atoms with Gasteiger partial charge in [-0.05, 0) is 29.8 Å². The highest BCUT2D eigenvalue weighted by Crippen LogP contribution is 2.26. The number of furan rings is 1. The Morgan fingerprint density at radius 1 is 1.40 bits per heavy atom. The van der Waals surface area contributed by atoms with E-state index in [1.165, 1.54) is 6.07 Å². The van der Waals surface area contributed by atoms with Crippen LogP contribution in [0.2, 0.25) is 0 Å². The van der Waals surface area contributed by atoms with E-state index in [1.54, 1.807) is 13.8 Å². The first-order valence-corrected chi connectivity index (χ1v) is 8.02. The zero-order valence-electron chi connectivity index (χ0n) is 10.9. The summed E-state index contributed by atoms with van der Waals surface area (Å²) in [7, 11) is -3.73. The van der Waals surface area contributed by atoms with Crippen molar-refractivity contribution in [1.82, 2.24) is 9.71 Å². The molecule has 2 rings (SSSR count). The molecule has 2 aromatic rings. The molecular formula is C11H14BrN3O4S. The lowest BCUT2D eigenvalue weighted by molar-refractivity contribution is 0.461. The molecule has 7 nitrogen and oxygen atoms in total. The predicted molar refractivity (Wildman–Crippen MR) is 74.3 cm³/mol. The number of hydrogen-bond acceptors (Lipinski definition) is 6. The number of rotatable bonds is 5. The third kappa shape index (κ3) is 3.11. The van der Waals surface area contributed by atoms with Gasteiger partial charge in [-0.1, -0.05) is 0 Å². The molecule has 0 aliphatic carbocycles. The van der Waals surface area contributed by atoms with Crippen molar-refractivity contribution in [3.8, 4) is 0 Å². The highest BCUT2D eigenvalue weighted by atomic mass is 79.9. The molecule has 0 spiro atoms. The number of sulfonamides is 1. The van der Waals surface area contributed by atoms with Crippen LogP contribution in [0.5, 0.6) is 0 Å². The summed E-state index contributed by atoms with van der Waals surface area (Å²) in [4.78, 5) is 4.10. The molecule has 2 heterocycles. The molecule has 0 fully saturated rings. The van der Waals surface area contributed by atoms with Gasteiger partial charge in [0.15, 0.2) is 4.67 Å². The number of nitrogens with zero attached hydrogens (tertiary/aromatic N) is 1. The number of hydrogen-bond donors (Lipinski definition) is 2. The molecule has 0 aromatic carbocycles. The first-order chi connectivity index (χ1) is 9.33. The number of nitrogens with two attached hydrogens (primary N) is 1. The second-order valence-electron chi connectivity index (χ2n) is 4.13. The molecule has 20 heavy (non-hydrogen) atoms. The molecule has 9 heteroatoms. The number of aryl methyl sites for hydroxylation is 2. The minimum atomic E-state index is -3.73. The fourth-order valence-electron chi connectivity index (χ4n) is 1.53. The van der Waals surface area contributed by atoms with Crippen LogP contribution in [0, 0.1) is 13.8 Å². The van der Waals surface area contributed by atoms with Crippen LogP contribution in [0.1, 0.15) is 23.1 Å². The van der Waals surface area contributed by atoms with E-state index in [-0.39, 0.29) is 22.7 Å². The Morgan fingerprint density at radius 2 is 2.10 bits per heavy atom. The van der Waals surface area contributed by atoms with Crippen LogP contribution < -0.4 is 10.5 Å². The second kappa shape index (κ2) is 5.68. The summed E-state index contributed by atoms with van der Waals surface area (Å²) in [5.41, 5.74) is 6.14. The summed E-state index contributed by atoms with van der Waals surface area (Å²) in [5.74, 6) is 1.34. The average molecular weight is 364 g/mol. The molecule has 0 bridgehead atoms. The molecule has 0 atom stereocenters. The number of oxazole rings is 1. The van der Waals surface area contributed by atoms with Crippen LogP contribution in [0.25, 0.3) is 0 Å². The van der Waals surface area contributed by atoms with Gasteiger partial charge in [0, 0.05) is 6.07 Å². The van der Waals surface area contributed by atoms with Gasteiger partial charge in [-0.25, -0.2) is 18.1 Å². The van der Waals surface area contributed by atoms with Crippen molar-refractivity contribution in [3.05, 3.63) is 33.8 Å². The van der Waals surface area contributed by atoms with Gasteiger partial charge in [0.1, 0.15) is 16.4 Å². The standard InChI is InChI=1S/C11H14BrN3O4S/c1-6-7(2)18-10(15-6)5-14-20(16,17)9-3-8(4-13)19-11(9)12/h3,14H,4-5,13H2,1-2H3. The van der Waals surface area contributed by atoms with Crippen LogP contribution in [0.15, 0.2) is 24.5 Å². The predicted octanol–water partition coefficient (Wildman–Crippen LogP) is 1.58. The molecule has 0 radical (unpaired) electrons. The van der Waals surface area contributed by atoms with Crippen molar-refractivity contribution in [1.29, 1.82) is 0 Å². The lowest BCUT2D eigenvalue weighted by Gasteiger charge is -2.02. The molecule has 110 valence electrons.